The average Bonchev–Trinajstić information content (AvgIpc) is 3.23. The van der Waals surface area contributed by atoms with Crippen molar-refractivity contribution in [3.8, 4) is 0 Å². The molecule has 4 heteroatoms. The number of anilines is 1. The zero-order valence-corrected chi connectivity index (χ0v) is 12.8. The average molecular weight is 293 g/mol. The van der Waals surface area contributed by atoms with Crippen molar-refractivity contribution in [3.05, 3.63) is 24.3 Å². The molecule has 20 heavy (non-hydrogen) atoms. The first-order valence-electron chi connectivity index (χ1n) is 7.59. The van der Waals surface area contributed by atoms with Gasteiger partial charge in [0.05, 0.1) is 4.90 Å². The fraction of sp³-hybridized carbons (Fsp3) is 0.625. The minimum atomic E-state index is -3.12. The van der Waals surface area contributed by atoms with Gasteiger partial charge < -0.3 is 5.32 Å². The molecule has 2 aliphatic carbocycles. The molecule has 2 unspecified atom stereocenters. The van der Waals surface area contributed by atoms with Crippen LogP contribution in [-0.2, 0) is 9.84 Å². The van der Waals surface area contributed by atoms with E-state index in [0.717, 1.165) is 17.5 Å². The van der Waals surface area contributed by atoms with Gasteiger partial charge in [0, 0.05) is 18.0 Å². The Bertz CT molecular complexity index is 578. The molecule has 2 fully saturated rings. The molecule has 0 amide bonds. The monoisotopic (exact) mass is 293 g/mol. The van der Waals surface area contributed by atoms with E-state index < -0.39 is 9.84 Å². The van der Waals surface area contributed by atoms with Gasteiger partial charge in [-0.25, -0.2) is 8.42 Å². The first kappa shape index (κ1) is 13.9. The van der Waals surface area contributed by atoms with Crippen LogP contribution in [0, 0.1) is 11.8 Å². The van der Waals surface area contributed by atoms with Gasteiger partial charge in [-0.3, -0.25) is 0 Å². The van der Waals surface area contributed by atoms with Gasteiger partial charge in [-0.15, -0.1) is 0 Å². The summed E-state index contributed by atoms with van der Waals surface area (Å²) in [6, 6.07) is 7.71. The van der Waals surface area contributed by atoms with E-state index in [9.17, 15) is 8.42 Å². The van der Waals surface area contributed by atoms with Crippen LogP contribution in [0.5, 0.6) is 0 Å². The fourth-order valence-electron chi connectivity index (χ4n) is 3.41. The molecule has 0 bridgehead atoms. The summed E-state index contributed by atoms with van der Waals surface area (Å²) in [5.41, 5.74) is 0.939. The summed E-state index contributed by atoms with van der Waals surface area (Å²) >= 11 is 0. The molecule has 1 aromatic rings. The Kier molecular flexibility index (Phi) is 3.76. The van der Waals surface area contributed by atoms with Crippen LogP contribution in [0.3, 0.4) is 0 Å². The number of hydrogen-bond donors (Lipinski definition) is 1. The highest BCUT2D eigenvalue weighted by Crippen LogP contribution is 2.44. The Hall–Kier alpha value is -1.03. The SMILES string of the molecule is CS(=O)(=O)c1cccc(NC2CCCC(C3CC3)C2)c1. The molecule has 3 nitrogen and oxygen atoms in total. The smallest absolute Gasteiger partial charge is 0.175 e. The van der Waals surface area contributed by atoms with Crippen LogP contribution >= 0.6 is 0 Å². The fourth-order valence-corrected chi connectivity index (χ4v) is 4.07. The standard InChI is InChI=1S/C16H23NO2S/c1-20(18,19)16-7-3-6-15(11-16)17-14-5-2-4-13(10-14)12-8-9-12/h3,6-7,11-14,17H,2,4-5,8-10H2,1H3. The van der Waals surface area contributed by atoms with Gasteiger partial charge in [-0.1, -0.05) is 18.9 Å². The van der Waals surface area contributed by atoms with Crippen LogP contribution in [0.2, 0.25) is 0 Å². The number of rotatable bonds is 4. The van der Waals surface area contributed by atoms with Crippen molar-refractivity contribution in [1.29, 1.82) is 0 Å². The van der Waals surface area contributed by atoms with Gasteiger partial charge in [0.15, 0.2) is 9.84 Å². The molecule has 2 atom stereocenters. The van der Waals surface area contributed by atoms with Crippen molar-refractivity contribution >= 4 is 15.5 Å². The lowest BCUT2D eigenvalue weighted by Crippen LogP contribution is -2.28. The second-order valence-electron chi connectivity index (χ2n) is 6.41. The topological polar surface area (TPSA) is 46.2 Å². The first-order chi connectivity index (χ1) is 9.52. The number of hydrogen-bond acceptors (Lipinski definition) is 3. The number of sulfone groups is 1. The molecular weight excluding hydrogens is 270 g/mol. The zero-order valence-electron chi connectivity index (χ0n) is 12.0. The van der Waals surface area contributed by atoms with Crippen LogP contribution in [0.25, 0.3) is 0 Å². The van der Waals surface area contributed by atoms with E-state index in [-0.39, 0.29) is 0 Å². The summed E-state index contributed by atoms with van der Waals surface area (Å²) in [5.74, 6) is 1.86. The molecule has 2 saturated carbocycles. The van der Waals surface area contributed by atoms with Crippen molar-refractivity contribution in [1.82, 2.24) is 0 Å². The maximum Gasteiger partial charge on any atom is 0.175 e. The number of benzene rings is 1. The maximum atomic E-state index is 11.6. The largest absolute Gasteiger partial charge is 0.382 e. The summed E-state index contributed by atoms with van der Waals surface area (Å²) in [7, 11) is -3.12. The Morgan fingerprint density at radius 1 is 1.10 bits per heavy atom. The Morgan fingerprint density at radius 3 is 2.60 bits per heavy atom. The van der Waals surface area contributed by atoms with E-state index in [0.29, 0.717) is 10.9 Å². The summed E-state index contributed by atoms with van der Waals surface area (Å²) in [4.78, 5) is 0.400. The minimum Gasteiger partial charge on any atom is -0.382 e. The van der Waals surface area contributed by atoms with Gasteiger partial charge in [-0.2, -0.15) is 0 Å². The van der Waals surface area contributed by atoms with Crippen LogP contribution in [0.15, 0.2) is 29.2 Å². The van der Waals surface area contributed by atoms with E-state index in [1.54, 1.807) is 12.1 Å². The van der Waals surface area contributed by atoms with Crippen molar-refractivity contribution in [2.24, 2.45) is 11.8 Å². The van der Waals surface area contributed by atoms with Crippen LogP contribution in [0.4, 0.5) is 5.69 Å². The van der Waals surface area contributed by atoms with Crippen LogP contribution in [0.1, 0.15) is 38.5 Å². The van der Waals surface area contributed by atoms with Crippen molar-refractivity contribution in [2.45, 2.75) is 49.5 Å². The predicted octanol–water partition coefficient (Wildman–Crippen LogP) is 3.47. The first-order valence-corrected chi connectivity index (χ1v) is 9.48. The van der Waals surface area contributed by atoms with Crippen molar-refractivity contribution in [3.63, 3.8) is 0 Å². The van der Waals surface area contributed by atoms with Gasteiger partial charge in [0.1, 0.15) is 0 Å². The Morgan fingerprint density at radius 2 is 1.90 bits per heavy atom. The molecule has 110 valence electrons. The predicted molar refractivity (Wildman–Crippen MR) is 81.6 cm³/mol. The molecule has 3 rings (SSSR count). The van der Waals surface area contributed by atoms with E-state index in [1.807, 2.05) is 12.1 Å². The lowest BCUT2D eigenvalue weighted by molar-refractivity contribution is 0.303. The van der Waals surface area contributed by atoms with Crippen molar-refractivity contribution in [2.75, 3.05) is 11.6 Å². The van der Waals surface area contributed by atoms with Gasteiger partial charge in [-0.05, 0) is 55.7 Å². The zero-order chi connectivity index (χ0) is 14.2. The van der Waals surface area contributed by atoms with Gasteiger partial charge in [0.25, 0.3) is 0 Å². The molecule has 2 aliphatic rings. The maximum absolute atomic E-state index is 11.6. The van der Waals surface area contributed by atoms with E-state index >= 15 is 0 Å². The molecule has 0 spiro atoms. The van der Waals surface area contributed by atoms with Crippen LogP contribution in [-0.4, -0.2) is 20.7 Å². The third-order valence-corrected chi connectivity index (χ3v) is 5.75. The molecule has 0 saturated heterocycles. The highest BCUT2D eigenvalue weighted by atomic mass is 32.2. The summed E-state index contributed by atoms with van der Waals surface area (Å²) in [6.45, 7) is 0. The van der Waals surface area contributed by atoms with E-state index in [1.165, 1.54) is 44.8 Å². The Balaban J connectivity index is 1.68. The summed E-state index contributed by atoms with van der Waals surface area (Å²) in [5, 5.41) is 3.54. The van der Waals surface area contributed by atoms with E-state index in [4.69, 9.17) is 0 Å². The molecule has 0 aliphatic heterocycles. The quantitative estimate of drug-likeness (QED) is 0.924. The third-order valence-electron chi connectivity index (χ3n) is 4.64. The summed E-state index contributed by atoms with van der Waals surface area (Å²) < 4.78 is 23.2. The van der Waals surface area contributed by atoms with E-state index in [2.05, 4.69) is 5.32 Å². The molecule has 0 radical (unpaired) electrons. The lowest BCUT2D eigenvalue weighted by atomic mass is 9.82. The lowest BCUT2D eigenvalue weighted by Gasteiger charge is -2.30. The number of nitrogens with one attached hydrogen (secondary N) is 1. The molecular formula is C16H23NO2S. The van der Waals surface area contributed by atoms with Crippen LogP contribution < -0.4 is 5.32 Å². The normalized spacial score (nSPS) is 27.2. The highest BCUT2D eigenvalue weighted by Gasteiger charge is 2.34. The molecule has 1 N–H and O–H groups in total. The Labute approximate surface area is 121 Å². The van der Waals surface area contributed by atoms with Crippen molar-refractivity contribution < 1.29 is 8.42 Å². The third kappa shape index (κ3) is 3.35. The highest BCUT2D eigenvalue weighted by molar-refractivity contribution is 7.90. The second-order valence-corrected chi connectivity index (χ2v) is 8.42. The summed E-state index contributed by atoms with van der Waals surface area (Å²) in [6.07, 6.45) is 9.22. The molecule has 0 heterocycles. The van der Waals surface area contributed by atoms with Gasteiger partial charge in [0.2, 0.25) is 0 Å². The molecule has 1 aromatic carbocycles. The second kappa shape index (κ2) is 5.40. The minimum absolute atomic E-state index is 0.400. The molecule has 0 aromatic heterocycles. The van der Waals surface area contributed by atoms with Gasteiger partial charge >= 0.3 is 0 Å².